The van der Waals surface area contributed by atoms with Crippen molar-refractivity contribution in [2.45, 2.75) is 53.8 Å². The zero-order valence-corrected chi connectivity index (χ0v) is 11.2. The Morgan fingerprint density at radius 1 is 1.38 bits per heavy atom. The van der Waals surface area contributed by atoms with Crippen LogP contribution in [-0.2, 0) is 14.3 Å². The Labute approximate surface area is 99.5 Å². The van der Waals surface area contributed by atoms with Crippen LogP contribution in [0.15, 0.2) is 0 Å². The molecule has 0 aromatic rings. The van der Waals surface area contributed by atoms with Gasteiger partial charge in [-0.25, -0.2) is 0 Å². The lowest BCUT2D eigenvalue weighted by atomic mass is 9.84. The van der Waals surface area contributed by atoms with Crippen molar-refractivity contribution in [3.05, 3.63) is 6.92 Å². The zero-order valence-electron chi connectivity index (χ0n) is 11.2. The molecule has 0 aliphatic heterocycles. The van der Waals surface area contributed by atoms with Crippen molar-refractivity contribution in [3.8, 4) is 0 Å². The molecule has 0 heterocycles. The third-order valence-electron chi connectivity index (χ3n) is 2.09. The first-order chi connectivity index (χ1) is 7.24. The van der Waals surface area contributed by atoms with Crippen molar-refractivity contribution in [2.75, 3.05) is 6.61 Å². The summed E-state index contributed by atoms with van der Waals surface area (Å²) in [6, 6.07) is 0. The van der Waals surface area contributed by atoms with Crippen LogP contribution < -0.4 is 0 Å². The van der Waals surface area contributed by atoms with Gasteiger partial charge < -0.3 is 9.47 Å². The van der Waals surface area contributed by atoms with Crippen molar-refractivity contribution in [3.63, 3.8) is 0 Å². The highest BCUT2D eigenvalue weighted by molar-refractivity contribution is 5.69. The largest absolute Gasteiger partial charge is 0.436 e. The van der Waals surface area contributed by atoms with Crippen LogP contribution in [0.5, 0.6) is 0 Å². The van der Waals surface area contributed by atoms with Gasteiger partial charge >= 0.3 is 5.97 Å². The van der Waals surface area contributed by atoms with E-state index in [9.17, 15) is 4.79 Å². The van der Waals surface area contributed by atoms with Gasteiger partial charge in [0.25, 0.3) is 0 Å². The minimum absolute atomic E-state index is 0.231. The van der Waals surface area contributed by atoms with Crippen LogP contribution in [0.2, 0.25) is 0 Å². The molecule has 0 rings (SSSR count). The Balaban J connectivity index is 3.87. The number of hydrogen-bond acceptors (Lipinski definition) is 3. The van der Waals surface area contributed by atoms with E-state index < -0.39 is 6.29 Å². The van der Waals surface area contributed by atoms with Gasteiger partial charge in [0.05, 0.1) is 0 Å². The van der Waals surface area contributed by atoms with Gasteiger partial charge in [-0.05, 0) is 24.7 Å². The molecular formula is C13H25O3. The van der Waals surface area contributed by atoms with Crippen molar-refractivity contribution in [1.82, 2.24) is 0 Å². The molecule has 2 unspecified atom stereocenters. The molecule has 16 heavy (non-hydrogen) atoms. The normalized spacial score (nSPS) is 15.6. The smallest absolute Gasteiger partial charge is 0.308 e. The molecule has 2 atom stereocenters. The monoisotopic (exact) mass is 229 g/mol. The fourth-order valence-corrected chi connectivity index (χ4v) is 1.82. The first kappa shape index (κ1) is 15.4. The summed E-state index contributed by atoms with van der Waals surface area (Å²) < 4.78 is 10.0. The van der Waals surface area contributed by atoms with Gasteiger partial charge in [-0.3, -0.25) is 4.79 Å². The molecule has 0 spiro atoms. The molecule has 0 saturated heterocycles. The van der Waals surface area contributed by atoms with E-state index in [1.54, 1.807) is 0 Å². The maximum atomic E-state index is 11.5. The summed E-state index contributed by atoms with van der Waals surface area (Å²) in [5, 5.41) is 0. The van der Waals surface area contributed by atoms with Crippen LogP contribution in [0.4, 0.5) is 0 Å². The van der Waals surface area contributed by atoms with E-state index in [0.717, 1.165) is 6.42 Å². The Morgan fingerprint density at radius 2 is 1.94 bits per heavy atom. The van der Waals surface area contributed by atoms with Crippen LogP contribution >= 0.6 is 0 Å². The first-order valence-electron chi connectivity index (χ1n) is 5.88. The third kappa shape index (κ3) is 8.72. The molecule has 0 amide bonds. The topological polar surface area (TPSA) is 35.5 Å². The minimum Gasteiger partial charge on any atom is -0.436 e. The van der Waals surface area contributed by atoms with Crippen molar-refractivity contribution >= 4 is 5.97 Å². The summed E-state index contributed by atoms with van der Waals surface area (Å²) in [7, 11) is 0. The maximum absolute atomic E-state index is 11.5. The molecule has 3 heteroatoms. The Hall–Kier alpha value is -0.570. The van der Waals surface area contributed by atoms with E-state index in [-0.39, 0.29) is 11.4 Å². The quantitative estimate of drug-likeness (QED) is 0.518. The fraction of sp³-hybridized carbons (Fsp3) is 0.846. The second-order valence-corrected chi connectivity index (χ2v) is 5.45. The molecule has 3 nitrogen and oxygen atoms in total. The van der Waals surface area contributed by atoms with Gasteiger partial charge in [0.2, 0.25) is 6.29 Å². The number of rotatable bonds is 6. The van der Waals surface area contributed by atoms with Gasteiger partial charge in [0, 0.05) is 20.0 Å². The number of carbonyl (C=O) groups is 1. The van der Waals surface area contributed by atoms with Gasteiger partial charge in [0.15, 0.2) is 0 Å². The molecule has 0 N–H and O–H groups in total. The van der Waals surface area contributed by atoms with E-state index in [1.165, 1.54) is 0 Å². The van der Waals surface area contributed by atoms with Gasteiger partial charge in [-0.15, -0.1) is 0 Å². The van der Waals surface area contributed by atoms with E-state index in [4.69, 9.17) is 9.47 Å². The molecule has 1 radical (unpaired) electrons. The summed E-state index contributed by atoms with van der Waals surface area (Å²) >= 11 is 0. The fourth-order valence-electron chi connectivity index (χ4n) is 1.82. The van der Waals surface area contributed by atoms with Crippen molar-refractivity contribution in [2.24, 2.45) is 11.3 Å². The highest BCUT2D eigenvalue weighted by Gasteiger charge is 2.19. The first-order valence-corrected chi connectivity index (χ1v) is 5.88. The lowest BCUT2D eigenvalue weighted by molar-refractivity contribution is -0.169. The number of esters is 1. The molecule has 0 aromatic heterocycles. The van der Waals surface area contributed by atoms with Crippen LogP contribution in [0.25, 0.3) is 0 Å². The van der Waals surface area contributed by atoms with E-state index in [1.807, 2.05) is 6.92 Å². The summed E-state index contributed by atoms with van der Waals surface area (Å²) in [6.45, 7) is 14.5. The number of ether oxygens (including phenoxy) is 2. The average Bonchev–Trinajstić information content (AvgIpc) is 1.98. The van der Waals surface area contributed by atoms with E-state index in [2.05, 4.69) is 34.6 Å². The van der Waals surface area contributed by atoms with Crippen LogP contribution in [0.3, 0.4) is 0 Å². The Morgan fingerprint density at radius 3 is 2.38 bits per heavy atom. The number of hydrogen-bond donors (Lipinski definition) is 0. The van der Waals surface area contributed by atoms with Gasteiger partial charge in [0.1, 0.15) is 0 Å². The molecule has 0 bridgehead atoms. The SMILES string of the molecule is [CH2]C(OCC)OC(=O)CC(C)CC(C)(C)C. The predicted octanol–water partition coefficient (Wildman–Crippen LogP) is 3.19. The second-order valence-electron chi connectivity index (χ2n) is 5.45. The Kier molecular flexibility index (Phi) is 6.65. The molecule has 0 aliphatic rings. The highest BCUT2D eigenvalue weighted by Crippen LogP contribution is 2.26. The lowest BCUT2D eigenvalue weighted by Crippen LogP contribution is -2.21. The predicted molar refractivity (Wildman–Crippen MR) is 64.7 cm³/mol. The molecule has 0 fully saturated rings. The molecule has 0 saturated carbocycles. The number of carbonyl (C=O) groups excluding carboxylic acids is 1. The molecule has 0 aromatic carbocycles. The van der Waals surface area contributed by atoms with Crippen LogP contribution in [-0.4, -0.2) is 18.9 Å². The zero-order chi connectivity index (χ0) is 12.8. The summed E-state index contributed by atoms with van der Waals surface area (Å²) in [5.74, 6) is 0.0894. The summed E-state index contributed by atoms with van der Waals surface area (Å²) in [5.41, 5.74) is 0.240. The Bertz CT molecular complexity index is 206. The van der Waals surface area contributed by atoms with Gasteiger partial charge in [-0.1, -0.05) is 27.7 Å². The third-order valence-corrected chi connectivity index (χ3v) is 2.09. The van der Waals surface area contributed by atoms with E-state index in [0.29, 0.717) is 18.9 Å². The van der Waals surface area contributed by atoms with Crippen LogP contribution in [0, 0.1) is 18.3 Å². The van der Waals surface area contributed by atoms with Crippen molar-refractivity contribution in [1.29, 1.82) is 0 Å². The van der Waals surface area contributed by atoms with E-state index >= 15 is 0 Å². The maximum Gasteiger partial charge on any atom is 0.308 e. The second kappa shape index (κ2) is 6.89. The standard InChI is InChI=1S/C13H25O3/c1-7-15-11(3)16-12(14)8-10(2)9-13(4,5)6/h10-11H,3,7-9H2,1-2,4-6H3. The highest BCUT2D eigenvalue weighted by atomic mass is 16.7. The minimum atomic E-state index is -0.681. The lowest BCUT2D eigenvalue weighted by Gasteiger charge is -2.23. The average molecular weight is 229 g/mol. The summed E-state index contributed by atoms with van der Waals surface area (Å²) in [6.07, 6.45) is 0.744. The van der Waals surface area contributed by atoms with Crippen molar-refractivity contribution < 1.29 is 14.3 Å². The van der Waals surface area contributed by atoms with Gasteiger partial charge in [-0.2, -0.15) is 0 Å². The summed E-state index contributed by atoms with van der Waals surface area (Å²) in [4.78, 5) is 11.5. The molecule has 0 aliphatic carbocycles. The molecule has 95 valence electrons. The van der Waals surface area contributed by atoms with Crippen LogP contribution in [0.1, 0.15) is 47.5 Å². The molecular weight excluding hydrogens is 204 g/mol.